The summed E-state index contributed by atoms with van der Waals surface area (Å²) in [6.07, 6.45) is -4.63. The molecule has 0 amide bonds. The lowest BCUT2D eigenvalue weighted by Gasteiger charge is -2.24. The van der Waals surface area contributed by atoms with Gasteiger partial charge in [-0.1, -0.05) is 41.0 Å². The predicted octanol–water partition coefficient (Wildman–Crippen LogP) is 5.54. The number of nitrogens with zero attached hydrogens (tertiary/aromatic N) is 4. The van der Waals surface area contributed by atoms with Crippen molar-refractivity contribution in [3.63, 3.8) is 0 Å². The fourth-order valence-electron chi connectivity index (χ4n) is 3.39. The molecule has 1 atom stereocenters. The molecule has 6 nitrogen and oxygen atoms in total. The Morgan fingerprint density at radius 1 is 1.06 bits per heavy atom. The highest BCUT2D eigenvalue weighted by atomic mass is 35.5. The maximum Gasteiger partial charge on any atom is 0.416 e. The fourth-order valence-corrected chi connectivity index (χ4v) is 3.51. The number of halogens is 4. The third kappa shape index (κ3) is 3.94. The second-order valence-corrected chi connectivity index (χ2v) is 7.49. The molecule has 3 heterocycles. The highest BCUT2D eigenvalue weighted by molar-refractivity contribution is 6.30. The van der Waals surface area contributed by atoms with Crippen molar-refractivity contribution >= 4 is 11.6 Å². The molecule has 0 spiro atoms. The second kappa shape index (κ2) is 7.51. The lowest BCUT2D eigenvalue weighted by Crippen LogP contribution is -2.21. The molecule has 0 radical (unpaired) electrons. The third-order valence-corrected chi connectivity index (χ3v) is 5.22. The van der Waals surface area contributed by atoms with E-state index < -0.39 is 11.7 Å². The predicted molar refractivity (Wildman–Crippen MR) is 105 cm³/mol. The summed E-state index contributed by atoms with van der Waals surface area (Å²) in [7, 11) is 0. The fraction of sp³-hybridized carbons (Fsp3) is 0.190. The van der Waals surface area contributed by atoms with Crippen molar-refractivity contribution in [2.75, 3.05) is 0 Å². The van der Waals surface area contributed by atoms with Crippen LogP contribution in [0.1, 0.15) is 22.9 Å². The maximum absolute atomic E-state index is 13.0. The largest absolute Gasteiger partial charge is 0.416 e. The van der Waals surface area contributed by atoms with Crippen LogP contribution in [0.25, 0.3) is 23.0 Å². The topological polar surface area (TPSA) is 66.0 Å². The normalized spacial score (nSPS) is 16.3. The van der Waals surface area contributed by atoms with E-state index in [1.165, 1.54) is 12.1 Å². The lowest BCUT2D eigenvalue weighted by atomic mass is 10.1. The van der Waals surface area contributed by atoms with Crippen LogP contribution in [-0.2, 0) is 24.1 Å². The highest BCUT2D eigenvalue weighted by Crippen LogP contribution is 2.33. The summed E-state index contributed by atoms with van der Waals surface area (Å²) in [6, 6.07) is 14.0. The van der Waals surface area contributed by atoms with E-state index in [0.29, 0.717) is 23.9 Å². The van der Waals surface area contributed by atoms with Gasteiger partial charge in [-0.3, -0.25) is 4.68 Å². The first kappa shape index (κ1) is 19.8. The molecular formula is C21H14ClF3N4O2. The van der Waals surface area contributed by atoms with E-state index in [4.69, 9.17) is 20.9 Å². The number of benzene rings is 2. The Labute approximate surface area is 179 Å². The molecule has 0 bridgehead atoms. The average Bonchev–Trinajstić information content (AvgIpc) is 3.40. The zero-order valence-corrected chi connectivity index (χ0v) is 16.6. The van der Waals surface area contributed by atoms with Crippen LogP contribution in [0, 0.1) is 0 Å². The van der Waals surface area contributed by atoms with Crippen LogP contribution < -0.4 is 0 Å². The van der Waals surface area contributed by atoms with Gasteiger partial charge in [0.2, 0.25) is 5.82 Å². The second-order valence-electron chi connectivity index (χ2n) is 7.06. The Morgan fingerprint density at radius 2 is 1.87 bits per heavy atom. The molecule has 2 aromatic carbocycles. The van der Waals surface area contributed by atoms with E-state index in [1.807, 2.05) is 12.1 Å². The molecule has 0 saturated heterocycles. The molecule has 4 aromatic rings. The summed E-state index contributed by atoms with van der Waals surface area (Å²) in [4.78, 5) is 4.23. The lowest BCUT2D eigenvalue weighted by molar-refractivity contribution is -0.137. The highest BCUT2D eigenvalue weighted by Gasteiger charge is 2.31. The van der Waals surface area contributed by atoms with Gasteiger partial charge in [-0.15, -0.1) is 0 Å². The minimum Gasteiger partial charge on any atom is -0.365 e. The minimum atomic E-state index is -4.45. The van der Waals surface area contributed by atoms with Gasteiger partial charge in [0, 0.05) is 10.6 Å². The quantitative estimate of drug-likeness (QED) is 0.413. The van der Waals surface area contributed by atoms with Gasteiger partial charge >= 0.3 is 6.18 Å². The van der Waals surface area contributed by atoms with E-state index >= 15 is 0 Å². The molecule has 0 aliphatic carbocycles. The van der Waals surface area contributed by atoms with Crippen molar-refractivity contribution in [3.05, 3.63) is 76.4 Å². The molecule has 158 valence electrons. The minimum absolute atomic E-state index is 0.0577. The number of fused-ring (bicyclic) bond motifs is 1. The van der Waals surface area contributed by atoms with Crippen LogP contribution in [0.5, 0.6) is 0 Å². The Hall–Kier alpha value is -3.17. The maximum atomic E-state index is 13.0. The zero-order chi connectivity index (χ0) is 21.6. The van der Waals surface area contributed by atoms with Crippen molar-refractivity contribution in [1.82, 2.24) is 19.9 Å². The summed E-state index contributed by atoms with van der Waals surface area (Å²) in [5.74, 6) is 0.180. The van der Waals surface area contributed by atoms with Crippen LogP contribution >= 0.6 is 11.6 Å². The monoisotopic (exact) mass is 446 g/mol. The summed E-state index contributed by atoms with van der Waals surface area (Å²) < 4.78 is 51.9. The molecule has 5 rings (SSSR count). The molecule has 0 N–H and O–H groups in total. The molecule has 1 aliphatic heterocycles. The van der Waals surface area contributed by atoms with Gasteiger partial charge in [-0.25, -0.2) is 0 Å². The first-order valence-corrected chi connectivity index (χ1v) is 9.70. The average molecular weight is 447 g/mol. The van der Waals surface area contributed by atoms with Gasteiger partial charge < -0.3 is 9.26 Å². The van der Waals surface area contributed by atoms with Crippen LogP contribution in [0.3, 0.4) is 0 Å². The van der Waals surface area contributed by atoms with Gasteiger partial charge in [-0.05, 0) is 35.9 Å². The molecule has 0 saturated carbocycles. The molecule has 0 unspecified atom stereocenters. The van der Waals surface area contributed by atoms with E-state index in [0.717, 1.165) is 23.4 Å². The van der Waals surface area contributed by atoms with Gasteiger partial charge in [0.15, 0.2) is 5.69 Å². The summed E-state index contributed by atoms with van der Waals surface area (Å²) >= 11 is 5.94. The van der Waals surface area contributed by atoms with Crippen molar-refractivity contribution in [2.24, 2.45) is 0 Å². The Kier molecular flexibility index (Phi) is 4.79. The molecule has 31 heavy (non-hydrogen) atoms. The van der Waals surface area contributed by atoms with E-state index in [2.05, 4.69) is 15.2 Å². The summed E-state index contributed by atoms with van der Waals surface area (Å²) in [5, 5.41) is 8.98. The number of hydrogen-bond acceptors (Lipinski definition) is 5. The molecule has 10 heteroatoms. The number of alkyl halides is 3. The van der Waals surface area contributed by atoms with E-state index in [-0.39, 0.29) is 23.4 Å². The van der Waals surface area contributed by atoms with E-state index in [1.54, 1.807) is 22.9 Å². The van der Waals surface area contributed by atoms with Gasteiger partial charge in [0.05, 0.1) is 24.4 Å². The summed E-state index contributed by atoms with van der Waals surface area (Å²) in [5.41, 5.74) is 1.68. The number of aromatic nitrogens is 4. The Balaban J connectivity index is 1.39. The van der Waals surface area contributed by atoms with Crippen molar-refractivity contribution in [2.45, 2.75) is 25.4 Å². The molecular weight excluding hydrogens is 433 g/mol. The van der Waals surface area contributed by atoms with Gasteiger partial charge in [0.25, 0.3) is 5.89 Å². The van der Waals surface area contributed by atoms with Crippen molar-refractivity contribution < 1.29 is 22.4 Å². The Morgan fingerprint density at radius 3 is 2.65 bits per heavy atom. The first-order valence-electron chi connectivity index (χ1n) is 9.32. The molecule has 1 aliphatic rings. The first-order chi connectivity index (χ1) is 14.9. The standard InChI is InChI=1S/C21H14ClF3N4O2/c22-15-6-4-12(5-7-15)18-10-29-16(11-30-18)9-17(27-29)20-26-19(28-31-20)13-2-1-3-14(8-13)21(23,24)25/h1-9,18H,10-11H2/t18-/m0/s1. The third-order valence-electron chi connectivity index (χ3n) is 4.97. The van der Waals surface area contributed by atoms with Crippen molar-refractivity contribution in [3.8, 4) is 23.0 Å². The number of rotatable bonds is 3. The van der Waals surface area contributed by atoms with Crippen LogP contribution in [0.4, 0.5) is 13.2 Å². The zero-order valence-electron chi connectivity index (χ0n) is 15.8. The van der Waals surface area contributed by atoms with Crippen LogP contribution in [-0.4, -0.2) is 19.9 Å². The van der Waals surface area contributed by atoms with Crippen LogP contribution in [0.15, 0.2) is 59.1 Å². The number of hydrogen-bond donors (Lipinski definition) is 0. The number of ether oxygens (including phenoxy) is 1. The molecule has 2 aromatic heterocycles. The van der Waals surface area contributed by atoms with Crippen LogP contribution in [0.2, 0.25) is 5.02 Å². The van der Waals surface area contributed by atoms with Gasteiger partial charge in [0.1, 0.15) is 6.10 Å². The molecule has 0 fully saturated rings. The van der Waals surface area contributed by atoms with Gasteiger partial charge in [-0.2, -0.15) is 23.3 Å². The smallest absolute Gasteiger partial charge is 0.365 e. The Bertz CT molecular complexity index is 1230. The van der Waals surface area contributed by atoms with Crippen molar-refractivity contribution in [1.29, 1.82) is 0 Å². The summed E-state index contributed by atoms with van der Waals surface area (Å²) in [6.45, 7) is 0.834. The van der Waals surface area contributed by atoms with E-state index in [9.17, 15) is 13.2 Å². The SMILES string of the molecule is FC(F)(F)c1cccc(-c2noc(-c3cc4n(n3)C[C@@H](c3ccc(Cl)cc3)OC4)n2)c1.